The van der Waals surface area contributed by atoms with E-state index < -0.39 is 6.10 Å². The van der Waals surface area contributed by atoms with Crippen LogP contribution in [0, 0.1) is 0 Å². The molecule has 0 bridgehead atoms. The molecule has 1 rings (SSSR count). The van der Waals surface area contributed by atoms with Gasteiger partial charge in [-0.05, 0) is 6.42 Å². The van der Waals surface area contributed by atoms with Crippen LogP contribution >= 0.6 is 11.8 Å². The number of hydrogen-bond donors (Lipinski definition) is 4. The molecule has 0 aromatic carbocycles. The van der Waals surface area contributed by atoms with Crippen LogP contribution in [0.25, 0.3) is 0 Å². The predicted molar refractivity (Wildman–Crippen MR) is 67.2 cm³/mol. The van der Waals surface area contributed by atoms with Crippen molar-refractivity contribution in [3.05, 3.63) is 0 Å². The fourth-order valence-electron chi connectivity index (χ4n) is 0.948. The van der Waals surface area contributed by atoms with Crippen molar-refractivity contribution >= 4 is 17.7 Å². The first-order chi connectivity index (χ1) is 8.69. The number of nitrogens with zero attached hydrogens (tertiary/aromatic N) is 3. The number of aliphatic hydroxyl groups excluding tert-OH is 2. The van der Waals surface area contributed by atoms with E-state index in [0.29, 0.717) is 11.8 Å². The van der Waals surface area contributed by atoms with Gasteiger partial charge in [0, 0.05) is 5.75 Å². The maximum Gasteiger partial charge on any atom is 0.322 e. The van der Waals surface area contributed by atoms with E-state index in [0.717, 1.165) is 6.42 Å². The molecule has 1 unspecified atom stereocenters. The lowest BCUT2D eigenvalue weighted by molar-refractivity contribution is 0.113. The average Bonchev–Trinajstić information content (AvgIpc) is 2.42. The number of aliphatic hydroxyl groups is 2. The van der Waals surface area contributed by atoms with Crippen LogP contribution in [0.4, 0.5) is 5.95 Å². The average molecular weight is 275 g/mol. The molecular formula is C9H17N5O3S. The molecule has 5 N–H and O–H groups in total. The zero-order chi connectivity index (χ0) is 13.4. The Morgan fingerprint density at radius 2 is 2.22 bits per heavy atom. The molecule has 0 aliphatic rings. The van der Waals surface area contributed by atoms with Crippen LogP contribution in [0.1, 0.15) is 13.3 Å². The Morgan fingerprint density at radius 1 is 1.44 bits per heavy atom. The minimum atomic E-state index is -0.818. The number of thioether (sulfide) groups is 1. The van der Waals surface area contributed by atoms with Gasteiger partial charge in [-0.25, -0.2) is 5.84 Å². The second-order valence-electron chi connectivity index (χ2n) is 3.36. The molecule has 0 spiro atoms. The van der Waals surface area contributed by atoms with Gasteiger partial charge >= 0.3 is 6.01 Å². The molecule has 0 fully saturated rings. The van der Waals surface area contributed by atoms with Gasteiger partial charge in [0.25, 0.3) is 0 Å². The third kappa shape index (κ3) is 5.00. The number of ether oxygens (including phenoxy) is 1. The zero-order valence-electron chi connectivity index (χ0n) is 10.0. The molecular weight excluding hydrogens is 258 g/mol. The summed E-state index contributed by atoms with van der Waals surface area (Å²) in [4.78, 5) is 12.0. The van der Waals surface area contributed by atoms with Gasteiger partial charge in [-0.3, -0.25) is 5.43 Å². The Kier molecular flexibility index (Phi) is 6.65. The maximum atomic E-state index is 9.24. The monoisotopic (exact) mass is 275 g/mol. The highest BCUT2D eigenvalue weighted by atomic mass is 32.2. The number of nitrogens with one attached hydrogen (secondary N) is 1. The molecule has 9 heteroatoms. The molecule has 1 heterocycles. The third-order valence-electron chi connectivity index (χ3n) is 1.77. The molecule has 0 amide bonds. The molecule has 0 radical (unpaired) electrons. The van der Waals surface area contributed by atoms with Crippen LogP contribution in [0.5, 0.6) is 6.01 Å². The number of nitrogens with two attached hydrogens (primary N) is 1. The summed E-state index contributed by atoms with van der Waals surface area (Å²) in [6.45, 7) is 2.16. The molecule has 8 nitrogen and oxygen atoms in total. The lowest BCUT2D eigenvalue weighted by atomic mass is 10.4. The van der Waals surface area contributed by atoms with Crippen LogP contribution in [0.15, 0.2) is 5.16 Å². The second kappa shape index (κ2) is 8.03. The maximum absolute atomic E-state index is 9.24. The van der Waals surface area contributed by atoms with Crippen molar-refractivity contribution in [1.82, 2.24) is 15.0 Å². The van der Waals surface area contributed by atoms with Gasteiger partial charge in [0.15, 0.2) is 5.16 Å². The fourth-order valence-corrected chi connectivity index (χ4v) is 1.69. The van der Waals surface area contributed by atoms with Crippen LogP contribution in [0.2, 0.25) is 0 Å². The van der Waals surface area contributed by atoms with Crippen molar-refractivity contribution in [2.24, 2.45) is 5.84 Å². The summed E-state index contributed by atoms with van der Waals surface area (Å²) in [5.74, 6) is 5.71. The van der Waals surface area contributed by atoms with Gasteiger partial charge in [0.2, 0.25) is 5.95 Å². The smallest absolute Gasteiger partial charge is 0.322 e. The highest BCUT2D eigenvalue weighted by molar-refractivity contribution is 7.99. The molecule has 0 saturated carbocycles. The highest BCUT2D eigenvalue weighted by Gasteiger charge is 2.10. The summed E-state index contributed by atoms with van der Waals surface area (Å²) >= 11 is 1.18. The SMILES string of the molecule is CCCOc1nc(NN)nc(SCC(O)CO)n1. The highest BCUT2D eigenvalue weighted by Crippen LogP contribution is 2.18. The van der Waals surface area contributed by atoms with E-state index in [-0.39, 0.29) is 24.3 Å². The van der Waals surface area contributed by atoms with Gasteiger partial charge in [0.1, 0.15) is 0 Å². The Hall–Kier alpha value is -1.16. The van der Waals surface area contributed by atoms with Gasteiger partial charge in [-0.15, -0.1) is 0 Å². The van der Waals surface area contributed by atoms with E-state index in [9.17, 15) is 5.11 Å². The van der Waals surface area contributed by atoms with Gasteiger partial charge in [0.05, 0.1) is 19.3 Å². The minimum Gasteiger partial charge on any atom is -0.463 e. The lowest BCUT2D eigenvalue weighted by Gasteiger charge is -2.08. The molecule has 102 valence electrons. The molecule has 0 aliphatic carbocycles. The van der Waals surface area contributed by atoms with Crippen molar-refractivity contribution in [3.63, 3.8) is 0 Å². The topological polar surface area (TPSA) is 126 Å². The van der Waals surface area contributed by atoms with Crippen LogP contribution in [-0.2, 0) is 0 Å². The van der Waals surface area contributed by atoms with E-state index in [1.54, 1.807) is 0 Å². The summed E-state index contributed by atoms with van der Waals surface area (Å²) in [5, 5.41) is 18.3. The van der Waals surface area contributed by atoms with Crippen molar-refractivity contribution in [3.8, 4) is 6.01 Å². The second-order valence-corrected chi connectivity index (χ2v) is 4.35. The molecule has 1 atom stereocenters. The van der Waals surface area contributed by atoms with Gasteiger partial charge in [-0.1, -0.05) is 18.7 Å². The number of rotatable bonds is 8. The lowest BCUT2D eigenvalue weighted by Crippen LogP contribution is -2.16. The largest absolute Gasteiger partial charge is 0.463 e. The first-order valence-corrected chi connectivity index (χ1v) is 6.45. The van der Waals surface area contributed by atoms with Crippen molar-refractivity contribution in [1.29, 1.82) is 0 Å². The van der Waals surface area contributed by atoms with Crippen molar-refractivity contribution < 1.29 is 14.9 Å². The van der Waals surface area contributed by atoms with Crippen LogP contribution in [0.3, 0.4) is 0 Å². The Bertz CT molecular complexity index is 368. The Balaban J connectivity index is 2.70. The van der Waals surface area contributed by atoms with Gasteiger partial charge < -0.3 is 14.9 Å². The summed E-state index contributed by atoms with van der Waals surface area (Å²) in [7, 11) is 0. The summed E-state index contributed by atoms with van der Waals surface area (Å²) in [6, 6.07) is 0.181. The summed E-state index contributed by atoms with van der Waals surface area (Å²) < 4.78 is 5.29. The van der Waals surface area contributed by atoms with E-state index in [4.69, 9.17) is 15.7 Å². The van der Waals surface area contributed by atoms with E-state index in [1.807, 2.05) is 6.92 Å². The number of hydrazine groups is 1. The normalized spacial score (nSPS) is 12.2. The Labute approximate surface area is 109 Å². The van der Waals surface area contributed by atoms with Gasteiger partial charge in [-0.2, -0.15) is 15.0 Å². The van der Waals surface area contributed by atoms with Crippen molar-refractivity contribution in [2.75, 3.05) is 24.4 Å². The third-order valence-corrected chi connectivity index (χ3v) is 2.77. The molecule has 1 aromatic heterocycles. The minimum absolute atomic E-state index is 0.181. The molecule has 0 aliphatic heterocycles. The van der Waals surface area contributed by atoms with E-state index in [2.05, 4.69) is 20.4 Å². The predicted octanol–water partition coefficient (Wildman–Crippen LogP) is -0.609. The fraction of sp³-hybridized carbons (Fsp3) is 0.667. The molecule has 18 heavy (non-hydrogen) atoms. The number of hydrogen-bond acceptors (Lipinski definition) is 9. The first kappa shape index (κ1) is 14.9. The van der Waals surface area contributed by atoms with Crippen LogP contribution < -0.4 is 16.0 Å². The zero-order valence-corrected chi connectivity index (χ0v) is 10.9. The Morgan fingerprint density at radius 3 is 2.83 bits per heavy atom. The van der Waals surface area contributed by atoms with E-state index >= 15 is 0 Å². The first-order valence-electron chi connectivity index (χ1n) is 5.46. The molecule has 1 aromatic rings. The summed E-state index contributed by atoms with van der Waals surface area (Å²) in [5.41, 5.74) is 2.32. The quantitative estimate of drug-likeness (QED) is 0.279. The molecule has 0 saturated heterocycles. The summed E-state index contributed by atoms with van der Waals surface area (Å²) in [6.07, 6.45) is 0.0176. The van der Waals surface area contributed by atoms with E-state index in [1.165, 1.54) is 11.8 Å². The number of aromatic nitrogens is 3. The number of anilines is 1. The standard InChI is InChI=1S/C9H17N5O3S/c1-2-3-17-8-11-7(14-10)12-9(13-8)18-5-6(16)4-15/h6,15-16H,2-5,10H2,1H3,(H,11,12,13,14). The number of nitrogen functional groups attached to an aromatic ring is 1. The van der Waals surface area contributed by atoms with Crippen LogP contribution in [-0.4, -0.2) is 50.2 Å². The van der Waals surface area contributed by atoms with Crippen molar-refractivity contribution in [2.45, 2.75) is 24.6 Å².